The molecule has 2 rings (SSSR count). The molecule has 1 aromatic heterocycles. The molecule has 0 N–H and O–H groups in total. The molecular formula is C13H13FN2OS. The van der Waals surface area contributed by atoms with Gasteiger partial charge in [-0.15, -0.1) is 0 Å². The van der Waals surface area contributed by atoms with Gasteiger partial charge >= 0.3 is 0 Å². The minimum absolute atomic E-state index is 0.00551. The van der Waals surface area contributed by atoms with Crippen molar-refractivity contribution in [2.45, 2.75) is 13.8 Å². The summed E-state index contributed by atoms with van der Waals surface area (Å²) in [5.41, 5.74) is 0.738. The molecule has 3 nitrogen and oxygen atoms in total. The quantitative estimate of drug-likeness (QED) is 0.790. The zero-order valence-corrected chi connectivity index (χ0v) is 11.0. The lowest BCUT2D eigenvalue weighted by molar-refractivity contribution is 0.102. The number of thiazole rings is 1. The van der Waals surface area contributed by atoms with Crippen molar-refractivity contribution < 1.29 is 9.18 Å². The molecule has 0 radical (unpaired) electrons. The average molecular weight is 264 g/mol. The van der Waals surface area contributed by atoms with E-state index >= 15 is 0 Å². The molecular weight excluding hydrogens is 251 g/mol. The van der Waals surface area contributed by atoms with E-state index in [1.807, 2.05) is 17.9 Å². The SMILES string of the molecule is CCN(c1cccc(F)c1)c1ncc(C(C)=O)s1. The van der Waals surface area contributed by atoms with E-state index in [0.29, 0.717) is 16.6 Å². The zero-order valence-electron chi connectivity index (χ0n) is 10.2. The van der Waals surface area contributed by atoms with Gasteiger partial charge in [-0.25, -0.2) is 9.37 Å². The molecule has 0 aliphatic rings. The number of carbonyl (C=O) groups is 1. The maximum atomic E-state index is 13.2. The van der Waals surface area contributed by atoms with Crippen LogP contribution in [0.1, 0.15) is 23.5 Å². The van der Waals surface area contributed by atoms with Gasteiger partial charge in [0.25, 0.3) is 0 Å². The highest BCUT2D eigenvalue weighted by atomic mass is 32.1. The smallest absolute Gasteiger partial charge is 0.190 e. The van der Waals surface area contributed by atoms with Crippen LogP contribution in [-0.2, 0) is 0 Å². The first-order chi connectivity index (χ1) is 8.61. The normalized spacial score (nSPS) is 10.4. The topological polar surface area (TPSA) is 33.2 Å². The van der Waals surface area contributed by atoms with Crippen LogP contribution in [0.3, 0.4) is 0 Å². The fourth-order valence-corrected chi connectivity index (χ4v) is 2.52. The summed E-state index contributed by atoms with van der Waals surface area (Å²) in [6, 6.07) is 6.34. The second-order valence-electron chi connectivity index (χ2n) is 3.79. The maximum absolute atomic E-state index is 13.2. The lowest BCUT2D eigenvalue weighted by atomic mass is 10.3. The molecule has 2 aromatic rings. The van der Waals surface area contributed by atoms with Gasteiger partial charge in [-0.2, -0.15) is 0 Å². The van der Waals surface area contributed by atoms with E-state index in [9.17, 15) is 9.18 Å². The van der Waals surface area contributed by atoms with Crippen molar-refractivity contribution in [2.75, 3.05) is 11.4 Å². The molecule has 0 saturated carbocycles. The van der Waals surface area contributed by atoms with E-state index in [2.05, 4.69) is 4.98 Å². The molecule has 0 bridgehead atoms. The predicted molar refractivity (Wildman–Crippen MR) is 71.2 cm³/mol. The summed E-state index contributed by atoms with van der Waals surface area (Å²) < 4.78 is 13.2. The number of rotatable bonds is 4. The van der Waals surface area contributed by atoms with Crippen molar-refractivity contribution >= 4 is 27.9 Å². The number of nitrogens with zero attached hydrogens (tertiary/aromatic N) is 2. The number of carbonyl (C=O) groups excluding carboxylic acids is 1. The Hall–Kier alpha value is -1.75. The van der Waals surface area contributed by atoms with Crippen LogP contribution in [0.2, 0.25) is 0 Å². The van der Waals surface area contributed by atoms with Gasteiger partial charge in [-0.1, -0.05) is 17.4 Å². The molecule has 0 fully saturated rings. The van der Waals surface area contributed by atoms with Crippen LogP contribution in [-0.4, -0.2) is 17.3 Å². The Morgan fingerprint density at radius 3 is 2.83 bits per heavy atom. The first kappa shape index (κ1) is 12.7. The number of aromatic nitrogens is 1. The minimum atomic E-state index is -0.283. The fraction of sp³-hybridized carbons (Fsp3) is 0.231. The maximum Gasteiger partial charge on any atom is 0.190 e. The summed E-state index contributed by atoms with van der Waals surface area (Å²) in [6.07, 6.45) is 1.56. The molecule has 1 aromatic carbocycles. The lowest BCUT2D eigenvalue weighted by Gasteiger charge is -2.19. The van der Waals surface area contributed by atoms with Gasteiger partial charge in [0.2, 0.25) is 0 Å². The largest absolute Gasteiger partial charge is 0.318 e. The van der Waals surface area contributed by atoms with Crippen molar-refractivity contribution in [1.82, 2.24) is 4.98 Å². The third kappa shape index (κ3) is 2.56. The molecule has 0 unspecified atom stereocenters. The van der Waals surface area contributed by atoms with Gasteiger partial charge in [-0.3, -0.25) is 4.79 Å². The zero-order chi connectivity index (χ0) is 13.1. The first-order valence-electron chi connectivity index (χ1n) is 5.61. The number of anilines is 2. The van der Waals surface area contributed by atoms with Crippen LogP contribution in [0.4, 0.5) is 15.2 Å². The number of halogens is 1. The second kappa shape index (κ2) is 5.27. The minimum Gasteiger partial charge on any atom is -0.318 e. The summed E-state index contributed by atoms with van der Waals surface area (Å²) >= 11 is 1.32. The van der Waals surface area contributed by atoms with E-state index in [1.165, 1.54) is 30.4 Å². The van der Waals surface area contributed by atoms with Gasteiger partial charge in [0.1, 0.15) is 5.82 Å². The fourth-order valence-electron chi connectivity index (χ4n) is 1.62. The highest BCUT2D eigenvalue weighted by molar-refractivity contribution is 7.17. The van der Waals surface area contributed by atoms with Gasteiger partial charge in [-0.05, 0) is 25.1 Å². The Bertz CT molecular complexity index is 568. The number of benzene rings is 1. The van der Waals surface area contributed by atoms with Crippen molar-refractivity contribution in [3.05, 3.63) is 41.2 Å². The van der Waals surface area contributed by atoms with Crippen LogP contribution in [0.15, 0.2) is 30.5 Å². The van der Waals surface area contributed by atoms with Crippen LogP contribution in [0.25, 0.3) is 0 Å². The molecule has 94 valence electrons. The van der Waals surface area contributed by atoms with Crippen LogP contribution >= 0.6 is 11.3 Å². The highest BCUT2D eigenvalue weighted by Crippen LogP contribution is 2.29. The number of ketones is 1. The Morgan fingerprint density at radius 1 is 1.50 bits per heavy atom. The van der Waals surface area contributed by atoms with Gasteiger partial charge in [0.05, 0.1) is 11.1 Å². The Labute approximate surface area is 109 Å². The van der Waals surface area contributed by atoms with Crippen LogP contribution < -0.4 is 4.90 Å². The molecule has 0 spiro atoms. The molecule has 18 heavy (non-hydrogen) atoms. The van der Waals surface area contributed by atoms with E-state index < -0.39 is 0 Å². The predicted octanol–water partition coefficient (Wildman–Crippen LogP) is 3.64. The average Bonchev–Trinajstić information content (AvgIpc) is 2.80. The summed E-state index contributed by atoms with van der Waals surface area (Å²) in [6.45, 7) is 4.13. The van der Waals surface area contributed by atoms with Crippen molar-refractivity contribution in [1.29, 1.82) is 0 Å². The molecule has 5 heteroatoms. The molecule has 0 amide bonds. The lowest BCUT2D eigenvalue weighted by Crippen LogP contribution is -2.15. The summed E-state index contributed by atoms with van der Waals surface area (Å²) in [4.78, 5) is 18.0. The second-order valence-corrected chi connectivity index (χ2v) is 4.80. The Morgan fingerprint density at radius 2 is 2.28 bits per heavy atom. The Kier molecular flexibility index (Phi) is 3.72. The van der Waals surface area contributed by atoms with Crippen molar-refractivity contribution in [3.8, 4) is 0 Å². The molecule has 0 atom stereocenters. The molecule has 0 saturated heterocycles. The summed E-state index contributed by atoms with van der Waals surface area (Å²) in [7, 11) is 0. The van der Waals surface area contributed by atoms with Crippen molar-refractivity contribution in [2.24, 2.45) is 0 Å². The third-order valence-corrected chi connectivity index (χ3v) is 3.63. The van der Waals surface area contributed by atoms with E-state index in [4.69, 9.17) is 0 Å². The van der Waals surface area contributed by atoms with E-state index in [-0.39, 0.29) is 11.6 Å². The molecule has 1 heterocycles. The van der Waals surface area contributed by atoms with Gasteiger partial charge in [0, 0.05) is 19.2 Å². The summed E-state index contributed by atoms with van der Waals surface area (Å²) in [5, 5.41) is 0.702. The highest BCUT2D eigenvalue weighted by Gasteiger charge is 2.13. The van der Waals surface area contributed by atoms with E-state index in [1.54, 1.807) is 12.3 Å². The molecule has 0 aliphatic heterocycles. The summed E-state index contributed by atoms with van der Waals surface area (Å²) in [5.74, 6) is -0.289. The van der Waals surface area contributed by atoms with Crippen molar-refractivity contribution in [3.63, 3.8) is 0 Å². The monoisotopic (exact) mass is 264 g/mol. The third-order valence-electron chi connectivity index (χ3n) is 2.51. The number of hydrogen-bond acceptors (Lipinski definition) is 4. The van der Waals surface area contributed by atoms with Crippen LogP contribution in [0, 0.1) is 5.82 Å². The van der Waals surface area contributed by atoms with E-state index in [0.717, 1.165) is 5.69 Å². The standard InChI is InChI=1S/C13H13FN2OS/c1-3-16(11-6-4-5-10(14)7-11)13-15-8-12(18-13)9(2)17/h4-8H,3H2,1-2H3. The number of Topliss-reactive ketones (excluding diaryl/α,β-unsaturated/α-hetero) is 1. The molecule has 0 aliphatic carbocycles. The van der Waals surface area contributed by atoms with Gasteiger partial charge in [0.15, 0.2) is 10.9 Å². The number of hydrogen-bond donors (Lipinski definition) is 0. The Balaban J connectivity index is 2.35. The first-order valence-corrected chi connectivity index (χ1v) is 6.43. The van der Waals surface area contributed by atoms with Crippen LogP contribution in [0.5, 0.6) is 0 Å². The van der Waals surface area contributed by atoms with Gasteiger partial charge < -0.3 is 4.90 Å².